The first-order chi connectivity index (χ1) is 4.00. The van der Waals surface area contributed by atoms with Crippen molar-refractivity contribution < 1.29 is 125 Å². The van der Waals surface area contributed by atoms with Crippen molar-refractivity contribution in [2.75, 3.05) is 0 Å². The summed E-state index contributed by atoms with van der Waals surface area (Å²) in [4.78, 5) is 0. The van der Waals surface area contributed by atoms with Crippen LogP contribution in [0, 0.1) is 0 Å². The van der Waals surface area contributed by atoms with Gasteiger partial charge in [-0.05, 0) is 0 Å². The third-order valence-electron chi connectivity index (χ3n) is 0. The summed E-state index contributed by atoms with van der Waals surface area (Å²) in [6.45, 7) is 0. The topological polar surface area (TPSA) is 161 Å². The van der Waals surface area contributed by atoms with Crippen LogP contribution in [0.4, 0.5) is 0 Å². The summed E-state index contributed by atoms with van der Waals surface area (Å²) < 4.78 is 68.2. The molecule has 0 aromatic carbocycles. The molecule has 0 aliphatic carbocycles. The molecule has 0 N–H and O–H groups in total. The summed E-state index contributed by atoms with van der Waals surface area (Å²) in [5.41, 5.74) is 0. The second-order valence-electron chi connectivity index (χ2n) is 0.816. The van der Waals surface area contributed by atoms with E-state index in [2.05, 4.69) is 0 Å². The Morgan fingerprint density at radius 2 is 0.615 bits per heavy atom. The number of rotatable bonds is 0. The number of hydrogen-bond donors (Lipinski definition) is 0. The van der Waals surface area contributed by atoms with Crippen LogP contribution in [0.1, 0.15) is 11.4 Å². The molecule has 0 aliphatic rings. The van der Waals surface area contributed by atoms with Gasteiger partial charge in [-0.3, -0.25) is 16.8 Å². The van der Waals surface area contributed by atoms with Crippen LogP contribution >= 0.6 is 0 Å². The van der Waals surface area contributed by atoms with E-state index in [-0.39, 0.29) is 90.0 Å². The van der Waals surface area contributed by atoms with Crippen molar-refractivity contribution in [1.29, 1.82) is 0 Å². The maximum Gasteiger partial charge on any atom is 4.00 e. The fraction of sp³-hybridized carbons (Fsp3) is 0. The Bertz CT molecular complexity index is 234. The zero-order chi connectivity index (χ0) is 9.00. The first-order valence-corrected chi connectivity index (χ1v) is 4.00. The molecule has 0 saturated heterocycles. The minimum atomic E-state index is -5.17. The van der Waals surface area contributed by atoms with Crippen LogP contribution < -0.4 is 0 Å². The second kappa shape index (κ2) is 12.5. The fourth-order valence-corrected chi connectivity index (χ4v) is 0. The van der Waals surface area contributed by atoms with Crippen molar-refractivity contribution in [3.8, 4) is 0 Å². The average Bonchev–Trinajstić information content (AvgIpc) is 1.12. The van der Waals surface area contributed by atoms with Gasteiger partial charge >= 0.3 is 78.6 Å². The van der Waals surface area contributed by atoms with Gasteiger partial charge in [-0.15, -0.1) is 0 Å². The third kappa shape index (κ3) is 387. The van der Waals surface area contributed by atoms with Gasteiger partial charge in [0.1, 0.15) is 0 Å². The van der Waals surface area contributed by atoms with E-state index >= 15 is 0 Å². The van der Waals surface area contributed by atoms with E-state index in [1.807, 2.05) is 0 Å². The van der Waals surface area contributed by atoms with Gasteiger partial charge in [-0.2, -0.15) is 0 Å². The smallest absolute Gasteiger partial charge is 1.00 e. The van der Waals surface area contributed by atoms with Crippen LogP contribution in [-0.2, 0) is 99.4 Å². The van der Waals surface area contributed by atoms with Crippen molar-refractivity contribution in [3.63, 3.8) is 0 Å². The monoisotopic (exact) mass is 470 g/mol. The molecule has 0 aliphatic heterocycles. The standard InChI is InChI=1S/2H2O4S.3Zr.8H/c2*1-5(2,3)4;;;;;;;;;;;/h2*(H2,1,2,3,4);;;;;;;;;;;/q;;3*+4;8*-1/p-4. The number of hydrogen-bond acceptors (Lipinski definition) is 8. The molecule has 0 unspecified atom stereocenters. The molecular weight excluding hydrogens is 466 g/mol. The summed E-state index contributed by atoms with van der Waals surface area (Å²) in [7, 11) is -10.3. The van der Waals surface area contributed by atoms with E-state index in [0.717, 1.165) is 0 Å². The quantitative estimate of drug-likeness (QED) is 0.294. The molecule has 0 saturated carbocycles. The predicted octanol–water partition coefficient (Wildman–Crippen LogP) is -1.78. The molecular formula is H8O8S2Zr3. The van der Waals surface area contributed by atoms with Gasteiger partial charge in [0.15, 0.2) is 0 Å². The van der Waals surface area contributed by atoms with Gasteiger partial charge in [0, 0.05) is 20.8 Å². The molecule has 0 fully saturated rings. The maximum atomic E-state index is 8.52. The van der Waals surface area contributed by atoms with Crippen LogP contribution in [-0.4, -0.2) is 35.0 Å². The molecule has 0 spiro atoms. The second-order valence-corrected chi connectivity index (χ2v) is 2.45. The van der Waals surface area contributed by atoms with Crippen LogP contribution in [0.2, 0.25) is 0 Å². The van der Waals surface area contributed by atoms with Gasteiger partial charge in [-0.1, -0.05) is 0 Å². The van der Waals surface area contributed by atoms with E-state index in [1.165, 1.54) is 0 Å². The van der Waals surface area contributed by atoms with E-state index in [0.29, 0.717) is 0 Å². The molecule has 80 valence electrons. The zero-order valence-corrected chi connectivity index (χ0v) is 14.6. The molecule has 0 bridgehead atoms. The molecule has 0 atom stereocenters. The molecule has 0 radical (unpaired) electrons. The molecule has 8 nitrogen and oxygen atoms in total. The molecule has 0 amide bonds. The molecule has 0 heterocycles. The van der Waals surface area contributed by atoms with E-state index in [4.69, 9.17) is 35.0 Å². The largest absolute Gasteiger partial charge is 4.00 e. The van der Waals surface area contributed by atoms with E-state index < -0.39 is 20.8 Å². The first-order valence-electron chi connectivity index (χ1n) is 1.33. The predicted molar refractivity (Wildman–Crippen MR) is 29.8 cm³/mol. The third-order valence-corrected chi connectivity index (χ3v) is 0. The van der Waals surface area contributed by atoms with Crippen LogP contribution in [0.5, 0.6) is 0 Å². The van der Waals surface area contributed by atoms with Gasteiger partial charge in [-0.25, -0.2) is 0 Å². The van der Waals surface area contributed by atoms with E-state index in [9.17, 15) is 0 Å². The Morgan fingerprint density at radius 1 is 0.615 bits per heavy atom. The van der Waals surface area contributed by atoms with Gasteiger partial charge in [0.2, 0.25) is 0 Å². The summed E-state index contributed by atoms with van der Waals surface area (Å²) in [5, 5.41) is 0. The Hall–Kier alpha value is 2.39. The van der Waals surface area contributed by atoms with Gasteiger partial charge in [0.05, 0.1) is 0 Å². The Morgan fingerprint density at radius 3 is 0.615 bits per heavy atom. The summed E-state index contributed by atoms with van der Waals surface area (Å²) in [6.07, 6.45) is 0. The Balaban J connectivity index is -0.00000000364. The van der Waals surface area contributed by atoms with Crippen LogP contribution in [0.3, 0.4) is 0 Å². The van der Waals surface area contributed by atoms with Crippen molar-refractivity contribution in [2.24, 2.45) is 0 Å². The van der Waals surface area contributed by atoms with Gasteiger partial charge in [0.25, 0.3) is 0 Å². The van der Waals surface area contributed by atoms with Crippen molar-refractivity contribution in [2.45, 2.75) is 0 Å². The minimum absolute atomic E-state index is 0. The fourth-order valence-electron chi connectivity index (χ4n) is 0. The van der Waals surface area contributed by atoms with Crippen LogP contribution in [0.25, 0.3) is 0 Å². The normalized spacial score (nSPS) is 8.92. The van der Waals surface area contributed by atoms with Crippen molar-refractivity contribution in [1.82, 2.24) is 0 Å². The van der Waals surface area contributed by atoms with Crippen LogP contribution in [0.15, 0.2) is 0 Å². The minimum Gasteiger partial charge on any atom is -1.00 e. The molecule has 13 heavy (non-hydrogen) atoms. The summed E-state index contributed by atoms with van der Waals surface area (Å²) in [5.74, 6) is 0. The Labute approximate surface area is 144 Å². The Kier molecular flexibility index (Phi) is 28.3. The van der Waals surface area contributed by atoms with Crippen molar-refractivity contribution >= 4 is 20.8 Å². The molecule has 0 aromatic rings. The first kappa shape index (κ1) is 29.5. The molecule has 0 aromatic heterocycles. The SMILES string of the molecule is O=S(=O)([O-])[O-].O=S(=O)([O-])[O-].[H-].[H-].[H-].[H-].[H-].[H-].[H-].[H-].[Zr+4].[Zr+4].[Zr+4]. The van der Waals surface area contributed by atoms with E-state index in [1.54, 1.807) is 0 Å². The maximum absolute atomic E-state index is 8.52. The summed E-state index contributed by atoms with van der Waals surface area (Å²) in [6, 6.07) is 0. The average molecular weight is 474 g/mol. The van der Waals surface area contributed by atoms with Crippen molar-refractivity contribution in [3.05, 3.63) is 0 Å². The molecule has 13 heteroatoms. The van der Waals surface area contributed by atoms with Gasteiger partial charge < -0.3 is 29.6 Å². The summed E-state index contributed by atoms with van der Waals surface area (Å²) >= 11 is 0. The zero-order valence-electron chi connectivity index (χ0n) is 13.6. The molecule has 0 rings (SSSR count).